The first-order valence-electron chi connectivity index (χ1n) is 10.6. The molecule has 0 unspecified atom stereocenters. The van der Waals surface area contributed by atoms with Crippen LogP contribution in [-0.2, 0) is 16.1 Å². The van der Waals surface area contributed by atoms with Crippen molar-refractivity contribution in [3.05, 3.63) is 28.8 Å². The highest BCUT2D eigenvalue weighted by molar-refractivity contribution is 6.31. The topological polar surface area (TPSA) is 75.4 Å². The van der Waals surface area contributed by atoms with E-state index >= 15 is 0 Å². The highest BCUT2D eigenvalue weighted by atomic mass is 35.5. The first kappa shape index (κ1) is 21.1. The zero-order chi connectivity index (χ0) is 20.1. The lowest BCUT2D eigenvalue weighted by molar-refractivity contribution is -0.140. The van der Waals surface area contributed by atoms with Crippen LogP contribution < -0.4 is 11.1 Å². The molecule has 2 saturated carbocycles. The summed E-state index contributed by atoms with van der Waals surface area (Å²) in [5.74, 6) is 0.271. The molecule has 2 aliphatic rings. The van der Waals surface area contributed by atoms with Crippen molar-refractivity contribution in [3.63, 3.8) is 0 Å². The Balaban J connectivity index is 1.82. The van der Waals surface area contributed by atoms with E-state index in [9.17, 15) is 9.59 Å². The summed E-state index contributed by atoms with van der Waals surface area (Å²) < 4.78 is 0. The van der Waals surface area contributed by atoms with E-state index in [-0.39, 0.29) is 29.8 Å². The zero-order valence-electron chi connectivity index (χ0n) is 16.8. The minimum absolute atomic E-state index is 0.121. The average Bonchev–Trinajstić information content (AvgIpc) is 2.69. The molecule has 0 bridgehead atoms. The fourth-order valence-corrected chi connectivity index (χ4v) is 4.72. The molecule has 3 N–H and O–H groups in total. The van der Waals surface area contributed by atoms with Gasteiger partial charge in [0, 0.05) is 42.2 Å². The normalized spacial score (nSPS) is 23.2. The van der Waals surface area contributed by atoms with Crippen LogP contribution in [0.5, 0.6) is 0 Å². The van der Waals surface area contributed by atoms with Crippen LogP contribution in [0.3, 0.4) is 0 Å². The van der Waals surface area contributed by atoms with Crippen LogP contribution in [0.2, 0.25) is 5.02 Å². The molecule has 0 aromatic heterocycles. The van der Waals surface area contributed by atoms with Crippen molar-refractivity contribution in [1.82, 2.24) is 4.90 Å². The summed E-state index contributed by atoms with van der Waals surface area (Å²) in [4.78, 5) is 26.9. The Bertz CT molecular complexity index is 695. The fraction of sp³-hybridized carbons (Fsp3) is 0.636. The number of carbonyl (C=O) groups excluding carboxylic acids is 2. The molecule has 0 saturated heterocycles. The summed E-state index contributed by atoms with van der Waals surface area (Å²) in [5.41, 5.74) is 7.69. The maximum atomic E-state index is 13.4. The third-order valence-corrected chi connectivity index (χ3v) is 6.50. The van der Waals surface area contributed by atoms with Gasteiger partial charge in [0.1, 0.15) is 0 Å². The van der Waals surface area contributed by atoms with Crippen molar-refractivity contribution < 1.29 is 9.59 Å². The molecule has 0 heterocycles. The van der Waals surface area contributed by atoms with Crippen molar-refractivity contribution >= 4 is 29.1 Å². The second-order valence-electron chi connectivity index (χ2n) is 8.36. The Morgan fingerprint density at radius 3 is 2.43 bits per heavy atom. The van der Waals surface area contributed by atoms with Crippen LogP contribution in [0.4, 0.5) is 5.69 Å². The van der Waals surface area contributed by atoms with Crippen LogP contribution in [0.1, 0.15) is 70.3 Å². The van der Waals surface area contributed by atoms with Crippen LogP contribution in [-0.4, -0.2) is 28.8 Å². The second-order valence-corrected chi connectivity index (χ2v) is 8.76. The van der Waals surface area contributed by atoms with Gasteiger partial charge in [0.2, 0.25) is 11.8 Å². The maximum Gasteiger partial charge on any atom is 0.226 e. The van der Waals surface area contributed by atoms with Crippen LogP contribution >= 0.6 is 11.6 Å². The number of nitrogens with two attached hydrogens (primary N) is 1. The van der Waals surface area contributed by atoms with E-state index in [0.717, 1.165) is 56.9 Å². The van der Waals surface area contributed by atoms with E-state index in [0.29, 0.717) is 17.3 Å². The highest BCUT2D eigenvalue weighted by Gasteiger charge is 2.32. The molecule has 0 spiro atoms. The monoisotopic (exact) mass is 405 g/mol. The summed E-state index contributed by atoms with van der Waals surface area (Å²) in [6.45, 7) is 1.97. The Hall–Kier alpha value is -1.59. The molecule has 0 atom stereocenters. The molecule has 0 aliphatic heterocycles. The van der Waals surface area contributed by atoms with Crippen molar-refractivity contribution in [1.29, 1.82) is 0 Å². The smallest absolute Gasteiger partial charge is 0.226 e. The maximum absolute atomic E-state index is 13.4. The Labute approximate surface area is 173 Å². The largest absolute Gasteiger partial charge is 0.335 e. The Kier molecular flexibility index (Phi) is 7.36. The quantitative estimate of drug-likeness (QED) is 0.758. The molecule has 1 aromatic rings. The van der Waals surface area contributed by atoms with Gasteiger partial charge in [0.05, 0.1) is 0 Å². The van der Waals surface area contributed by atoms with Gasteiger partial charge in [0.25, 0.3) is 0 Å². The van der Waals surface area contributed by atoms with Gasteiger partial charge >= 0.3 is 0 Å². The molecule has 2 fully saturated rings. The van der Waals surface area contributed by atoms with Crippen molar-refractivity contribution in [2.45, 2.75) is 83.3 Å². The molecular formula is C22H32ClN3O2. The predicted octanol–water partition coefficient (Wildman–Crippen LogP) is 4.48. The summed E-state index contributed by atoms with van der Waals surface area (Å²) in [6, 6.07) is 5.94. The molecule has 1 aromatic carbocycles. The first-order valence-corrected chi connectivity index (χ1v) is 10.9. The SMILES string of the molecule is CC(=O)Nc1ccc(Cl)c(CN(C(=O)C2CCCCC2)C2CCC(N)CC2)c1. The molecule has 6 heteroatoms. The number of nitrogens with zero attached hydrogens (tertiary/aromatic N) is 1. The van der Waals surface area contributed by atoms with Crippen molar-refractivity contribution in [2.75, 3.05) is 5.32 Å². The van der Waals surface area contributed by atoms with Gasteiger partial charge in [-0.25, -0.2) is 0 Å². The van der Waals surface area contributed by atoms with E-state index in [1.165, 1.54) is 13.3 Å². The molecule has 28 heavy (non-hydrogen) atoms. The van der Waals surface area contributed by atoms with Gasteiger partial charge in [-0.1, -0.05) is 30.9 Å². The molecule has 3 rings (SSSR count). The lowest BCUT2D eigenvalue weighted by atomic mass is 9.85. The standard InChI is InChI=1S/C22H32ClN3O2/c1-15(27)25-19-9-12-21(23)17(13-19)14-26(20-10-7-18(24)8-11-20)22(28)16-5-3-2-4-6-16/h9,12-13,16,18,20H,2-8,10-11,14,24H2,1H3,(H,25,27). The van der Waals surface area contributed by atoms with E-state index in [2.05, 4.69) is 10.2 Å². The number of nitrogens with one attached hydrogen (secondary N) is 1. The zero-order valence-corrected chi connectivity index (χ0v) is 17.5. The van der Waals surface area contributed by atoms with E-state index in [1.54, 1.807) is 12.1 Å². The minimum atomic E-state index is -0.121. The third-order valence-electron chi connectivity index (χ3n) is 6.13. The predicted molar refractivity (Wildman–Crippen MR) is 113 cm³/mol. The summed E-state index contributed by atoms with van der Waals surface area (Å²) in [6.07, 6.45) is 9.29. The lowest BCUT2D eigenvalue weighted by Crippen LogP contribution is -2.46. The number of carbonyl (C=O) groups is 2. The van der Waals surface area contributed by atoms with Gasteiger partial charge in [0.15, 0.2) is 0 Å². The van der Waals surface area contributed by atoms with E-state index in [1.807, 2.05) is 6.07 Å². The van der Waals surface area contributed by atoms with Gasteiger partial charge in [-0.15, -0.1) is 0 Å². The summed E-state index contributed by atoms with van der Waals surface area (Å²) in [5, 5.41) is 3.43. The fourth-order valence-electron chi connectivity index (χ4n) is 4.54. The number of anilines is 1. The van der Waals surface area contributed by atoms with E-state index < -0.39 is 0 Å². The minimum Gasteiger partial charge on any atom is -0.335 e. The van der Waals surface area contributed by atoms with Crippen LogP contribution in [0, 0.1) is 5.92 Å². The molecule has 0 radical (unpaired) electrons. The number of rotatable bonds is 5. The molecule has 2 amide bonds. The van der Waals surface area contributed by atoms with Crippen molar-refractivity contribution in [2.24, 2.45) is 11.7 Å². The highest BCUT2D eigenvalue weighted by Crippen LogP contribution is 2.32. The third kappa shape index (κ3) is 5.48. The van der Waals surface area contributed by atoms with Crippen LogP contribution in [0.15, 0.2) is 18.2 Å². The number of amides is 2. The summed E-state index contributed by atoms with van der Waals surface area (Å²) in [7, 11) is 0. The van der Waals surface area contributed by atoms with Gasteiger partial charge in [-0.3, -0.25) is 9.59 Å². The molecule has 154 valence electrons. The molecule has 5 nitrogen and oxygen atoms in total. The van der Waals surface area contributed by atoms with Gasteiger partial charge in [-0.2, -0.15) is 0 Å². The second kappa shape index (κ2) is 9.75. The number of benzene rings is 1. The summed E-state index contributed by atoms with van der Waals surface area (Å²) >= 11 is 6.46. The van der Waals surface area contributed by atoms with Crippen LogP contribution in [0.25, 0.3) is 0 Å². The van der Waals surface area contributed by atoms with E-state index in [4.69, 9.17) is 17.3 Å². The Morgan fingerprint density at radius 1 is 1.11 bits per heavy atom. The number of hydrogen-bond acceptors (Lipinski definition) is 3. The van der Waals surface area contributed by atoms with Gasteiger partial charge in [-0.05, 0) is 62.3 Å². The lowest BCUT2D eigenvalue weighted by Gasteiger charge is -2.39. The molecule has 2 aliphatic carbocycles. The van der Waals surface area contributed by atoms with Crippen molar-refractivity contribution in [3.8, 4) is 0 Å². The first-order chi connectivity index (χ1) is 13.4. The molecular weight excluding hydrogens is 374 g/mol. The number of hydrogen-bond donors (Lipinski definition) is 2. The van der Waals surface area contributed by atoms with Gasteiger partial charge < -0.3 is 16.0 Å². The Morgan fingerprint density at radius 2 is 1.79 bits per heavy atom. The number of halogens is 1. The average molecular weight is 406 g/mol.